The number of piperidine rings is 2. The molecule has 11 nitrogen and oxygen atoms in total. The molecule has 3 saturated heterocycles. The van der Waals surface area contributed by atoms with Crippen molar-refractivity contribution in [1.29, 1.82) is 0 Å². The summed E-state index contributed by atoms with van der Waals surface area (Å²) in [7, 11) is 1.33. The Morgan fingerprint density at radius 1 is 0.900 bits per heavy atom. The summed E-state index contributed by atoms with van der Waals surface area (Å²) in [5.41, 5.74) is 6.37. The smallest absolute Gasteiger partial charge is 0.407 e. The minimum absolute atomic E-state index is 0.00449. The topological polar surface area (TPSA) is 137 Å². The molecule has 3 aromatic carbocycles. The van der Waals surface area contributed by atoms with Crippen LogP contribution in [0, 0.1) is 17.8 Å². The molecular formula is C39H41N7O4. The lowest BCUT2D eigenvalue weighted by Gasteiger charge is -2.35. The summed E-state index contributed by atoms with van der Waals surface area (Å²) in [6.07, 6.45) is 7.09. The van der Waals surface area contributed by atoms with Gasteiger partial charge in [-0.15, -0.1) is 0 Å². The molecule has 11 heteroatoms. The number of amides is 2. The van der Waals surface area contributed by atoms with Crippen LogP contribution in [0.25, 0.3) is 44.2 Å². The van der Waals surface area contributed by atoms with Crippen LogP contribution in [0.4, 0.5) is 4.79 Å². The number of rotatable bonds is 7. The lowest BCUT2D eigenvalue weighted by atomic mass is 9.90. The van der Waals surface area contributed by atoms with Gasteiger partial charge < -0.3 is 35.0 Å². The maximum atomic E-state index is 14.2. The first-order valence-corrected chi connectivity index (χ1v) is 18.1. The third-order valence-corrected chi connectivity index (χ3v) is 11.9. The van der Waals surface area contributed by atoms with Gasteiger partial charge in [-0.05, 0) is 102 Å². The van der Waals surface area contributed by atoms with Crippen molar-refractivity contribution in [3.8, 4) is 22.4 Å². The average Bonchev–Trinajstić information content (AvgIpc) is 3.74. The molecule has 4 N–H and O–H groups in total. The SMILES string of the molecule is COC(=O)NC(C(=O)N1C2CC2C[C@H]1c1ncc(-c2ccc3cc(-c4ccc5nc([C@@H]6C[C@H]7C[C@H]7N6)[nH]c5c4)ccc3c2)[nH]1)C1CCOCC1. The molecule has 5 heterocycles. The minimum Gasteiger partial charge on any atom is -0.453 e. The van der Waals surface area contributed by atoms with Crippen LogP contribution in [0.2, 0.25) is 0 Å². The van der Waals surface area contributed by atoms with Gasteiger partial charge in [0.1, 0.15) is 17.7 Å². The highest BCUT2D eigenvalue weighted by Crippen LogP contribution is 2.53. The number of H-pyrrole nitrogens is 2. The van der Waals surface area contributed by atoms with Crippen molar-refractivity contribution in [2.75, 3.05) is 20.3 Å². The molecule has 50 heavy (non-hydrogen) atoms. The van der Waals surface area contributed by atoms with Gasteiger partial charge in [0.2, 0.25) is 5.91 Å². The second kappa shape index (κ2) is 11.7. The molecule has 0 spiro atoms. The van der Waals surface area contributed by atoms with Gasteiger partial charge in [-0.3, -0.25) is 4.79 Å². The highest BCUT2D eigenvalue weighted by Gasteiger charge is 2.56. The van der Waals surface area contributed by atoms with Crippen LogP contribution in [-0.4, -0.2) is 75.3 Å². The van der Waals surface area contributed by atoms with E-state index in [2.05, 4.69) is 75.2 Å². The number of aromatic amines is 2. The van der Waals surface area contributed by atoms with E-state index in [9.17, 15) is 9.59 Å². The van der Waals surface area contributed by atoms with Crippen LogP contribution in [0.3, 0.4) is 0 Å². The molecule has 256 valence electrons. The molecule has 0 bridgehead atoms. The van der Waals surface area contributed by atoms with Crippen molar-refractivity contribution in [3.63, 3.8) is 0 Å². The van der Waals surface area contributed by atoms with E-state index >= 15 is 0 Å². The number of imidazole rings is 2. The zero-order valence-corrected chi connectivity index (χ0v) is 28.0. The molecule has 2 aliphatic carbocycles. The standard InChI is InChI=1S/C39H41N7O4/c1-49-39(48)45-35(20-8-10-50-11-9-20)38(47)46-33-17-27(33)18-34(46)37-40-19-32(44-37)25-5-4-21-12-22(2-3-23(21)13-25)24-6-7-28-30(14-24)43-36(42-28)31-16-26-15-29(26)41-31/h2-7,12-14,19-20,26-27,29,31,33-35,41H,8-11,15-18H2,1H3,(H,40,44)(H,42,43)(H,45,48)/t26-,27?,29-,31+,33?,34+,35?/m1/s1. The van der Waals surface area contributed by atoms with E-state index in [-0.39, 0.29) is 23.9 Å². The van der Waals surface area contributed by atoms with Crippen LogP contribution in [0.15, 0.2) is 60.8 Å². The summed E-state index contributed by atoms with van der Waals surface area (Å²) in [5.74, 6) is 3.09. The fraction of sp³-hybridized carbons (Fsp3) is 0.436. The number of carbonyl (C=O) groups is 2. The predicted octanol–water partition coefficient (Wildman–Crippen LogP) is 6.01. The van der Waals surface area contributed by atoms with Crippen molar-refractivity contribution in [3.05, 3.63) is 72.4 Å². The Hall–Kier alpha value is -4.74. The lowest BCUT2D eigenvalue weighted by molar-refractivity contribution is -0.138. The first-order chi connectivity index (χ1) is 24.5. The Bertz CT molecular complexity index is 2130. The van der Waals surface area contributed by atoms with E-state index in [4.69, 9.17) is 19.4 Å². The monoisotopic (exact) mass is 671 g/mol. The molecule has 5 aliphatic rings. The Morgan fingerprint density at radius 3 is 2.48 bits per heavy atom. The van der Waals surface area contributed by atoms with Gasteiger partial charge in [0, 0.05) is 30.9 Å². The van der Waals surface area contributed by atoms with Crippen LogP contribution in [0.5, 0.6) is 0 Å². The van der Waals surface area contributed by atoms with Gasteiger partial charge in [0.15, 0.2) is 0 Å². The second-order valence-corrected chi connectivity index (χ2v) is 15.0. The summed E-state index contributed by atoms with van der Waals surface area (Å²) in [6, 6.07) is 20.0. The minimum atomic E-state index is -0.647. The van der Waals surface area contributed by atoms with E-state index in [1.807, 2.05) is 11.1 Å². The third-order valence-electron chi connectivity index (χ3n) is 11.9. The number of nitrogens with one attached hydrogen (secondary N) is 4. The molecule has 2 aromatic heterocycles. The Labute approximate surface area is 289 Å². The number of hydrogen-bond acceptors (Lipinski definition) is 7. The second-order valence-electron chi connectivity index (χ2n) is 15.0. The van der Waals surface area contributed by atoms with E-state index < -0.39 is 12.1 Å². The molecule has 2 saturated carbocycles. The first kappa shape index (κ1) is 30.1. The highest BCUT2D eigenvalue weighted by atomic mass is 16.5. The zero-order valence-electron chi connectivity index (χ0n) is 28.0. The van der Waals surface area contributed by atoms with Gasteiger partial charge >= 0.3 is 6.09 Å². The number of ether oxygens (including phenoxy) is 2. The van der Waals surface area contributed by atoms with Gasteiger partial charge in [-0.25, -0.2) is 14.8 Å². The van der Waals surface area contributed by atoms with Gasteiger partial charge in [-0.2, -0.15) is 0 Å². The molecular weight excluding hydrogens is 630 g/mol. The number of nitrogens with zero attached hydrogens (tertiary/aromatic N) is 3. The van der Waals surface area contributed by atoms with E-state index in [0.29, 0.717) is 31.2 Å². The zero-order chi connectivity index (χ0) is 33.5. The quantitative estimate of drug-likeness (QED) is 0.166. The van der Waals surface area contributed by atoms with Crippen molar-refractivity contribution in [2.45, 2.75) is 68.7 Å². The van der Waals surface area contributed by atoms with E-state index in [0.717, 1.165) is 87.4 Å². The number of alkyl carbamates (subject to hydrolysis) is 1. The molecule has 2 amide bonds. The maximum absolute atomic E-state index is 14.2. The number of hydrogen-bond donors (Lipinski definition) is 4. The molecule has 7 atom stereocenters. The van der Waals surface area contributed by atoms with Crippen molar-refractivity contribution < 1.29 is 19.1 Å². The first-order valence-electron chi connectivity index (χ1n) is 18.1. The average molecular weight is 672 g/mol. The van der Waals surface area contributed by atoms with Gasteiger partial charge in [0.25, 0.3) is 0 Å². The number of methoxy groups -OCH3 is 1. The summed E-state index contributed by atoms with van der Waals surface area (Å²) >= 11 is 0. The largest absolute Gasteiger partial charge is 0.453 e. The van der Waals surface area contributed by atoms with Crippen molar-refractivity contribution >= 4 is 33.8 Å². The fourth-order valence-corrected chi connectivity index (χ4v) is 8.95. The maximum Gasteiger partial charge on any atom is 0.407 e. The molecule has 3 aliphatic heterocycles. The van der Waals surface area contributed by atoms with Crippen LogP contribution < -0.4 is 10.6 Å². The molecule has 3 unspecified atom stereocenters. The van der Waals surface area contributed by atoms with Gasteiger partial charge in [-0.1, -0.05) is 30.3 Å². The number of aromatic nitrogens is 4. The predicted molar refractivity (Wildman–Crippen MR) is 188 cm³/mol. The summed E-state index contributed by atoms with van der Waals surface area (Å²) in [4.78, 5) is 45.3. The molecule has 10 rings (SSSR count). The Kier molecular flexibility index (Phi) is 7.03. The molecule has 0 radical (unpaired) electrons. The Morgan fingerprint density at radius 2 is 1.68 bits per heavy atom. The fourth-order valence-electron chi connectivity index (χ4n) is 8.95. The summed E-state index contributed by atoms with van der Waals surface area (Å²) in [5, 5.41) is 8.87. The van der Waals surface area contributed by atoms with E-state index in [1.165, 1.54) is 20.0 Å². The van der Waals surface area contributed by atoms with Crippen molar-refractivity contribution in [1.82, 2.24) is 35.5 Å². The number of benzene rings is 3. The summed E-state index contributed by atoms with van der Waals surface area (Å²) < 4.78 is 10.5. The van der Waals surface area contributed by atoms with Crippen LogP contribution in [0.1, 0.15) is 62.3 Å². The Balaban J connectivity index is 0.881. The number of carbonyl (C=O) groups excluding carboxylic acids is 2. The van der Waals surface area contributed by atoms with Crippen molar-refractivity contribution in [2.24, 2.45) is 17.8 Å². The number of likely N-dealkylation sites (tertiary alicyclic amines) is 1. The third kappa shape index (κ3) is 5.25. The highest BCUT2D eigenvalue weighted by molar-refractivity contribution is 5.92. The van der Waals surface area contributed by atoms with E-state index in [1.54, 1.807) is 0 Å². The van der Waals surface area contributed by atoms with Crippen LogP contribution in [-0.2, 0) is 14.3 Å². The molecule has 5 aromatic rings. The summed E-state index contributed by atoms with van der Waals surface area (Å²) in [6.45, 7) is 1.17. The normalized spacial score (nSPS) is 27.7. The number of fused-ring (bicyclic) bond motifs is 4. The lowest BCUT2D eigenvalue weighted by Crippen LogP contribution is -2.54. The van der Waals surface area contributed by atoms with Gasteiger partial charge in [0.05, 0.1) is 42.1 Å². The van der Waals surface area contributed by atoms with Crippen LogP contribution >= 0.6 is 0 Å². The molecule has 5 fully saturated rings.